The molecular formula is C13H13F3N2O. The van der Waals surface area contributed by atoms with Gasteiger partial charge >= 0.3 is 0 Å². The van der Waals surface area contributed by atoms with Crippen LogP contribution in [0.15, 0.2) is 24.5 Å². The Morgan fingerprint density at radius 2 is 2.00 bits per heavy atom. The van der Waals surface area contributed by atoms with Crippen molar-refractivity contribution in [1.29, 1.82) is 0 Å². The highest BCUT2D eigenvalue weighted by Crippen LogP contribution is 2.26. The largest absolute Gasteiger partial charge is 0.383 e. The summed E-state index contributed by atoms with van der Waals surface area (Å²) in [5.41, 5.74) is 0.0216. The minimum absolute atomic E-state index is 0.310. The van der Waals surface area contributed by atoms with Crippen molar-refractivity contribution < 1.29 is 18.3 Å². The number of rotatable bonds is 4. The average Bonchev–Trinajstić information content (AvgIpc) is 2.85. The molecule has 102 valence electrons. The first-order valence-corrected chi connectivity index (χ1v) is 5.88. The fourth-order valence-electron chi connectivity index (χ4n) is 1.80. The third-order valence-corrected chi connectivity index (χ3v) is 2.78. The van der Waals surface area contributed by atoms with Crippen LogP contribution in [0, 0.1) is 17.5 Å². The van der Waals surface area contributed by atoms with Crippen molar-refractivity contribution in [3.8, 4) is 0 Å². The first kappa shape index (κ1) is 13.6. The molecule has 1 aromatic heterocycles. The van der Waals surface area contributed by atoms with E-state index < -0.39 is 23.6 Å². The standard InChI is InChI=1S/C13H13F3N2O/c1-2-5-18-7-8(6-17-18)13(19)9-3-4-10(14)12(16)11(9)15/h3-4,6-7,13,19H,2,5H2,1H3. The topological polar surface area (TPSA) is 38.0 Å². The molecule has 6 heteroatoms. The fourth-order valence-corrected chi connectivity index (χ4v) is 1.80. The minimum Gasteiger partial charge on any atom is -0.383 e. The van der Waals surface area contributed by atoms with Gasteiger partial charge in [0.1, 0.15) is 6.10 Å². The van der Waals surface area contributed by atoms with Crippen LogP contribution < -0.4 is 0 Å². The summed E-state index contributed by atoms with van der Waals surface area (Å²) in [5.74, 6) is -4.25. The molecule has 0 saturated carbocycles. The minimum atomic E-state index is -1.59. The van der Waals surface area contributed by atoms with E-state index in [2.05, 4.69) is 5.10 Å². The van der Waals surface area contributed by atoms with Crippen LogP contribution in [0.3, 0.4) is 0 Å². The van der Waals surface area contributed by atoms with Gasteiger partial charge in [-0.3, -0.25) is 4.68 Å². The predicted octanol–water partition coefficient (Wildman–Crippen LogP) is 2.79. The number of aliphatic hydroxyl groups is 1. The Balaban J connectivity index is 2.33. The average molecular weight is 270 g/mol. The van der Waals surface area contributed by atoms with Crippen LogP contribution in [0.4, 0.5) is 13.2 Å². The summed E-state index contributed by atoms with van der Waals surface area (Å²) < 4.78 is 41.1. The van der Waals surface area contributed by atoms with Gasteiger partial charge in [-0.1, -0.05) is 13.0 Å². The SMILES string of the molecule is CCCn1cc(C(O)c2ccc(F)c(F)c2F)cn1. The van der Waals surface area contributed by atoms with E-state index in [0.29, 0.717) is 12.1 Å². The Morgan fingerprint density at radius 3 is 2.68 bits per heavy atom. The monoisotopic (exact) mass is 270 g/mol. The van der Waals surface area contributed by atoms with Crippen LogP contribution in [0.2, 0.25) is 0 Å². The number of hydrogen-bond donors (Lipinski definition) is 1. The molecule has 1 heterocycles. The van der Waals surface area contributed by atoms with Crippen LogP contribution in [0.25, 0.3) is 0 Å². The van der Waals surface area contributed by atoms with Crippen molar-refractivity contribution in [2.75, 3.05) is 0 Å². The van der Waals surface area contributed by atoms with Gasteiger partial charge in [-0.2, -0.15) is 5.10 Å². The Bertz CT molecular complexity index is 583. The second-order valence-electron chi connectivity index (χ2n) is 4.20. The van der Waals surface area contributed by atoms with E-state index in [4.69, 9.17) is 0 Å². The quantitative estimate of drug-likeness (QED) is 0.867. The lowest BCUT2D eigenvalue weighted by Crippen LogP contribution is -2.05. The number of aliphatic hydroxyl groups excluding tert-OH is 1. The highest BCUT2D eigenvalue weighted by Gasteiger charge is 2.21. The molecule has 3 nitrogen and oxygen atoms in total. The smallest absolute Gasteiger partial charge is 0.194 e. The Morgan fingerprint density at radius 1 is 1.26 bits per heavy atom. The van der Waals surface area contributed by atoms with Crippen molar-refractivity contribution in [1.82, 2.24) is 9.78 Å². The summed E-state index contributed by atoms with van der Waals surface area (Å²) in [5, 5.41) is 14.0. The highest BCUT2D eigenvalue weighted by molar-refractivity contribution is 5.29. The van der Waals surface area contributed by atoms with Crippen LogP contribution >= 0.6 is 0 Å². The number of benzene rings is 1. The summed E-state index contributed by atoms with van der Waals surface area (Å²) >= 11 is 0. The van der Waals surface area contributed by atoms with Gasteiger partial charge in [0.2, 0.25) is 0 Å². The number of nitrogens with zero attached hydrogens (tertiary/aromatic N) is 2. The molecule has 19 heavy (non-hydrogen) atoms. The maximum atomic E-state index is 13.6. The van der Waals surface area contributed by atoms with Crippen LogP contribution in [0.1, 0.15) is 30.6 Å². The maximum Gasteiger partial charge on any atom is 0.194 e. The molecule has 0 amide bonds. The summed E-state index contributed by atoms with van der Waals surface area (Å²) in [7, 11) is 0. The second kappa shape index (κ2) is 5.44. The number of aryl methyl sites for hydroxylation is 1. The lowest BCUT2D eigenvalue weighted by Gasteiger charge is -2.10. The van der Waals surface area contributed by atoms with E-state index in [1.165, 1.54) is 6.20 Å². The van der Waals surface area contributed by atoms with Gasteiger partial charge in [0.15, 0.2) is 17.5 Å². The molecular weight excluding hydrogens is 257 g/mol. The van der Waals surface area contributed by atoms with Crippen molar-refractivity contribution in [3.63, 3.8) is 0 Å². The lowest BCUT2D eigenvalue weighted by atomic mass is 10.0. The third-order valence-electron chi connectivity index (χ3n) is 2.78. The third kappa shape index (κ3) is 2.63. The summed E-state index contributed by atoms with van der Waals surface area (Å²) in [6.07, 6.45) is 2.41. The second-order valence-corrected chi connectivity index (χ2v) is 4.20. The molecule has 0 saturated heterocycles. The van der Waals surface area contributed by atoms with Gasteiger partial charge in [-0.05, 0) is 12.5 Å². The van der Waals surface area contributed by atoms with E-state index >= 15 is 0 Å². The molecule has 1 N–H and O–H groups in total. The van der Waals surface area contributed by atoms with Crippen LogP contribution in [0.5, 0.6) is 0 Å². The first-order valence-electron chi connectivity index (χ1n) is 5.88. The van der Waals surface area contributed by atoms with E-state index in [1.807, 2.05) is 6.92 Å². The van der Waals surface area contributed by atoms with E-state index in [1.54, 1.807) is 10.9 Å². The molecule has 0 bridgehead atoms. The fraction of sp³-hybridized carbons (Fsp3) is 0.308. The zero-order chi connectivity index (χ0) is 14.0. The number of halogens is 3. The number of aromatic nitrogens is 2. The molecule has 0 radical (unpaired) electrons. The molecule has 0 spiro atoms. The van der Waals surface area contributed by atoms with Crippen molar-refractivity contribution in [2.24, 2.45) is 0 Å². The lowest BCUT2D eigenvalue weighted by molar-refractivity contribution is 0.212. The normalized spacial score (nSPS) is 12.7. The van der Waals surface area contributed by atoms with Crippen LogP contribution in [-0.4, -0.2) is 14.9 Å². The molecule has 2 rings (SSSR count). The van der Waals surface area contributed by atoms with Gasteiger partial charge in [0.05, 0.1) is 6.20 Å². The van der Waals surface area contributed by atoms with E-state index in [0.717, 1.165) is 18.6 Å². The molecule has 0 aliphatic heterocycles. The molecule has 0 aliphatic rings. The zero-order valence-electron chi connectivity index (χ0n) is 10.3. The van der Waals surface area contributed by atoms with Gasteiger partial charge < -0.3 is 5.11 Å². The maximum absolute atomic E-state index is 13.6. The molecule has 2 aromatic rings. The van der Waals surface area contributed by atoms with Gasteiger partial charge in [0, 0.05) is 23.9 Å². The molecule has 0 aliphatic carbocycles. The Labute approximate surface area is 108 Å². The van der Waals surface area contributed by atoms with E-state index in [9.17, 15) is 18.3 Å². The Hall–Kier alpha value is -1.82. The predicted molar refractivity (Wildman–Crippen MR) is 62.9 cm³/mol. The molecule has 0 fully saturated rings. The zero-order valence-corrected chi connectivity index (χ0v) is 10.3. The highest BCUT2D eigenvalue weighted by atomic mass is 19.2. The van der Waals surface area contributed by atoms with E-state index in [-0.39, 0.29) is 5.56 Å². The van der Waals surface area contributed by atoms with Gasteiger partial charge in [-0.25, -0.2) is 13.2 Å². The van der Waals surface area contributed by atoms with Crippen molar-refractivity contribution in [3.05, 3.63) is 53.1 Å². The first-order chi connectivity index (χ1) is 9.04. The van der Waals surface area contributed by atoms with Gasteiger partial charge in [0.25, 0.3) is 0 Å². The molecule has 1 atom stereocenters. The van der Waals surface area contributed by atoms with Crippen molar-refractivity contribution in [2.45, 2.75) is 26.0 Å². The summed E-state index contributed by atoms with van der Waals surface area (Å²) in [6, 6.07) is 1.81. The van der Waals surface area contributed by atoms with Crippen LogP contribution in [-0.2, 0) is 6.54 Å². The summed E-state index contributed by atoms with van der Waals surface area (Å²) in [6.45, 7) is 2.62. The van der Waals surface area contributed by atoms with Gasteiger partial charge in [-0.15, -0.1) is 0 Å². The molecule has 1 aromatic carbocycles. The molecule has 1 unspecified atom stereocenters. The van der Waals surface area contributed by atoms with Crippen molar-refractivity contribution >= 4 is 0 Å². The summed E-state index contributed by atoms with van der Waals surface area (Å²) in [4.78, 5) is 0. The Kier molecular flexibility index (Phi) is 3.90. The number of hydrogen-bond acceptors (Lipinski definition) is 2.